The third-order valence-electron chi connectivity index (χ3n) is 3.85. The fraction of sp³-hybridized carbons (Fsp3) is 0.800. The van der Waals surface area contributed by atoms with E-state index in [2.05, 4.69) is 49.3 Å². The molecule has 19 heavy (non-hydrogen) atoms. The van der Waals surface area contributed by atoms with Crippen LogP contribution in [0, 0.1) is 5.92 Å². The van der Waals surface area contributed by atoms with Gasteiger partial charge < -0.3 is 10.2 Å². The van der Waals surface area contributed by atoms with Crippen molar-refractivity contribution in [2.45, 2.75) is 39.2 Å². The van der Waals surface area contributed by atoms with Gasteiger partial charge in [-0.05, 0) is 32.5 Å². The Hall–Kier alpha value is -0.870. The molecule has 1 unspecified atom stereocenters. The average Bonchev–Trinajstić information content (AvgIpc) is 2.85. The molecule has 1 N–H and O–H groups in total. The van der Waals surface area contributed by atoms with Crippen LogP contribution in [0.1, 0.15) is 38.4 Å². The number of hydrogen-bond acceptors (Lipinski definition) is 3. The van der Waals surface area contributed by atoms with Crippen molar-refractivity contribution in [3.8, 4) is 0 Å². The highest BCUT2D eigenvalue weighted by Gasteiger charge is 2.22. The highest BCUT2D eigenvalue weighted by Crippen LogP contribution is 2.24. The molecule has 0 spiro atoms. The van der Waals surface area contributed by atoms with Crippen LogP contribution in [0.15, 0.2) is 6.20 Å². The minimum atomic E-state index is 0.117. The molecule has 108 valence electrons. The van der Waals surface area contributed by atoms with E-state index < -0.39 is 0 Å². The van der Waals surface area contributed by atoms with Crippen molar-refractivity contribution in [3.63, 3.8) is 0 Å². The fourth-order valence-corrected chi connectivity index (χ4v) is 2.90. The number of rotatable bonds is 4. The highest BCUT2D eigenvalue weighted by atomic mass is 15.3. The van der Waals surface area contributed by atoms with E-state index in [0.717, 1.165) is 19.0 Å². The molecule has 1 fully saturated rings. The summed E-state index contributed by atoms with van der Waals surface area (Å²) >= 11 is 0. The molecule has 0 radical (unpaired) electrons. The van der Waals surface area contributed by atoms with Gasteiger partial charge in [0.05, 0.1) is 5.69 Å². The molecule has 1 aromatic heterocycles. The molecule has 1 aliphatic rings. The maximum Gasteiger partial charge on any atom is 0.0722 e. The lowest BCUT2D eigenvalue weighted by atomic mass is 9.89. The molecule has 2 rings (SSSR count). The van der Waals surface area contributed by atoms with Crippen LogP contribution in [0.25, 0.3) is 0 Å². The lowest BCUT2D eigenvalue weighted by Crippen LogP contribution is -2.26. The van der Waals surface area contributed by atoms with Crippen molar-refractivity contribution in [1.82, 2.24) is 20.0 Å². The first kappa shape index (κ1) is 14.5. The SMILES string of the molecule is CN1CCC(CNCc2cn(C)nc2C(C)(C)C)C1. The number of hydrogen-bond donors (Lipinski definition) is 1. The van der Waals surface area contributed by atoms with Crippen molar-refractivity contribution in [2.24, 2.45) is 13.0 Å². The maximum absolute atomic E-state index is 4.61. The fourth-order valence-electron chi connectivity index (χ4n) is 2.90. The van der Waals surface area contributed by atoms with Gasteiger partial charge in [0.15, 0.2) is 0 Å². The first-order chi connectivity index (χ1) is 8.86. The van der Waals surface area contributed by atoms with Crippen molar-refractivity contribution in [1.29, 1.82) is 0 Å². The van der Waals surface area contributed by atoms with E-state index in [0.29, 0.717) is 0 Å². The van der Waals surface area contributed by atoms with Crippen LogP contribution < -0.4 is 5.32 Å². The van der Waals surface area contributed by atoms with Crippen molar-refractivity contribution >= 4 is 0 Å². The Kier molecular flexibility index (Phi) is 4.31. The Balaban J connectivity index is 1.89. The number of nitrogens with zero attached hydrogens (tertiary/aromatic N) is 3. The number of aromatic nitrogens is 2. The molecular weight excluding hydrogens is 236 g/mol. The van der Waals surface area contributed by atoms with Crippen molar-refractivity contribution in [3.05, 3.63) is 17.5 Å². The second-order valence-corrected chi connectivity index (χ2v) is 6.97. The van der Waals surface area contributed by atoms with Crippen LogP contribution in [0.3, 0.4) is 0 Å². The van der Waals surface area contributed by atoms with Gasteiger partial charge >= 0.3 is 0 Å². The second-order valence-electron chi connectivity index (χ2n) is 6.97. The molecule has 0 amide bonds. The van der Waals surface area contributed by atoms with E-state index in [-0.39, 0.29) is 5.41 Å². The Morgan fingerprint density at radius 3 is 2.68 bits per heavy atom. The van der Waals surface area contributed by atoms with Crippen molar-refractivity contribution < 1.29 is 0 Å². The van der Waals surface area contributed by atoms with Crippen molar-refractivity contribution in [2.75, 3.05) is 26.7 Å². The molecule has 1 aromatic rings. The van der Waals surface area contributed by atoms with Crippen LogP contribution in [-0.4, -0.2) is 41.4 Å². The maximum atomic E-state index is 4.61. The zero-order chi connectivity index (χ0) is 14.0. The standard InChI is InChI=1S/C15H28N4/c1-15(2,3)14-13(11-19(5)17-14)9-16-8-12-6-7-18(4)10-12/h11-12,16H,6-10H2,1-5H3. The van der Waals surface area contributed by atoms with Gasteiger partial charge in [0.1, 0.15) is 0 Å². The van der Waals surface area contributed by atoms with Gasteiger partial charge in [-0.1, -0.05) is 20.8 Å². The highest BCUT2D eigenvalue weighted by molar-refractivity contribution is 5.23. The van der Waals surface area contributed by atoms with Crippen LogP contribution >= 0.6 is 0 Å². The van der Waals surface area contributed by atoms with E-state index >= 15 is 0 Å². The Bertz CT molecular complexity index is 416. The summed E-state index contributed by atoms with van der Waals surface area (Å²) in [5, 5.41) is 8.22. The van der Waals surface area contributed by atoms with Gasteiger partial charge in [-0.25, -0.2) is 0 Å². The quantitative estimate of drug-likeness (QED) is 0.899. The van der Waals surface area contributed by atoms with Gasteiger partial charge in [-0.3, -0.25) is 4.68 Å². The van der Waals surface area contributed by atoms with E-state index in [1.165, 1.54) is 30.8 Å². The zero-order valence-corrected chi connectivity index (χ0v) is 13.0. The monoisotopic (exact) mass is 264 g/mol. The smallest absolute Gasteiger partial charge is 0.0722 e. The number of aryl methyl sites for hydroxylation is 1. The summed E-state index contributed by atoms with van der Waals surface area (Å²) < 4.78 is 1.93. The molecule has 0 aromatic carbocycles. The summed E-state index contributed by atoms with van der Waals surface area (Å²) in [6.07, 6.45) is 3.47. The van der Waals surface area contributed by atoms with E-state index in [1.807, 2.05) is 11.7 Å². The van der Waals surface area contributed by atoms with Crippen LogP contribution in [0.2, 0.25) is 0 Å². The molecule has 4 nitrogen and oxygen atoms in total. The largest absolute Gasteiger partial charge is 0.312 e. The first-order valence-corrected chi connectivity index (χ1v) is 7.28. The molecule has 1 atom stereocenters. The topological polar surface area (TPSA) is 33.1 Å². The summed E-state index contributed by atoms with van der Waals surface area (Å²) in [6, 6.07) is 0. The summed E-state index contributed by atoms with van der Waals surface area (Å²) in [5.74, 6) is 0.805. The summed E-state index contributed by atoms with van der Waals surface area (Å²) in [4.78, 5) is 2.41. The van der Waals surface area contributed by atoms with E-state index in [1.54, 1.807) is 0 Å². The van der Waals surface area contributed by atoms with Gasteiger partial charge in [-0.2, -0.15) is 5.10 Å². The molecule has 0 bridgehead atoms. The van der Waals surface area contributed by atoms with Crippen LogP contribution in [0.5, 0.6) is 0 Å². The zero-order valence-electron chi connectivity index (χ0n) is 13.0. The lowest BCUT2D eigenvalue weighted by molar-refractivity contribution is 0.388. The molecule has 1 saturated heterocycles. The molecular formula is C15H28N4. The lowest BCUT2D eigenvalue weighted by Gasteiger charge is -2.18. The average molecular weight is 264 g/mol. The second kappa shape index (κ2) is 5.63. The Labute approximate surface area is 117 Å². The molecule has 0 aliphatic carbocycles. The molecule has 2 heterocycles. The predicted octanol–water partition coefficient (Wildman–Crippen LogP) is 1.76. The third-order valence-corrected chi connectivity index (χ3v) is 3.85. The first-order valence-electron chi connectivity index (χ1n) is 7.28. The van der Waals surface area contributed by atoms with Gasteiger partial charge in [-0.15, -0.1) is 0 Å². The summed E-state index contributed by atoms with van der Waals surface area (Å²) in [6.45, 7) is 11.2. The summed E-state index contributed by atoms with van der Waals surface area (Å²) in [5.41, 5.74) is 2.67. The minimum absolute atomic E-state index is 0.117. The normalized spacial score (nSPS) is 21.2. The number of likely N-dealkylation sites (tertiary alicyclic amines) is 1. The van der Waals surface area contributed by atoms with Crippen LogP contribution in [0.4, 0.5) is 0 Å². The predicted molar refractivity (Wildman–Crippen MR) is 79.2 cm³/mol. The Morgan fingerprint density at radius 2 is 2.11 bits per heavy atom. The third kappa shape index (κ3) is 3.80. The van der Waals surface area contributed by atoms with E-state index in [4.69, 9.17) is 0 Å². The molecule has 4 heteroatoms. The molecule has 1 aliphatic heterocycles. The van der Waals surface area contributed by atoms with Crippen LogP contribution in [-0.2, 0) is 19.0 Å². The van der Waals surface area contributed by atoms with E-state index in [9.17, 15) is 0 Å². The summed E-state index contributed by atoms with van der Waals surface area (Å²) in [7, 11) is 4.21. The minimum Gasteiger partial charge on any atom is -0.312 e. The molecule has 0 saturated carbocycles. The Morgan fingerprint density at radius 1 is 1.37 bits per heavy atom. The van der Waals surface area contributed by atoms with Gasteiger partial charge in [0, 0.05) is 37.3 Å². The van der Waals surface area contributed by atoms with Gasteiger partial charge in [0.2, 0.25) is 0 Å². The number of nitrogens with one attached hydrogen (secondary N) is 1. The van der Waals surface area contributed by atoms with Gasteiger partial charge in [0.25, 0.3) is 0 Å².